The molecule has 0 aliphatic carbocycles. The Morgan fingerprint density at radius 3 is 1.95 bits per heavy atom. The SMILES string of the molecule is Brc1cccnc1.Brc1cnccc1-c1ccccc1.C. The summed E-state index contributed by atoms with van der Waals surface area (Å²) in [6, 6.07) is 16.1. The van der Waals surface area contributed by atoms with Crippen molar-refractivity contribution in [3.8, 4) is 11.1 Å². The summed E-state index contributed by atoms with van der Waals surface area (Å²) < 4.78 is 2.05. The molecule has 0 unspecified atom stereocenters. The summed E-state index contributed by atoms with van der Waals surface area (Å²) in [5, 5.41) is 0. The molecule has 0 N–H and O–H groups in total. The first-order chi connectivity index (χ1) is 9.77. The van der Waals surface area contributed by atoms with E-state index in [1.165, 1.54) is 11.1 Å². The highest BCUT2D eigenvalue weighted by atomic mass is 79.9. The van der Waals surface area contributed by atoms with Crippen LogP contribution in [0.3, 0.4) is 0 Å². The fraction of sp³-hybridized carbons (Fsp3) is 0.0588. The summed E-state index contributed by atoms with van der Waals surface area (Å²) in [5.74, 6) is 0. The van der Waals surface area contributed by atoms with E-state index in [0.717, 1.165) is 8.95 Å². The molecule has 21 heavy (non-hydrogen) atoms. The molecule has 4 heteroatoms. The minimum Gasteiger partial charge on any atom is -0.264 e. The van der Waals surface area contributed by atoms with E-state index >= 15 is 0 Å². The number of halogens is 2. The Morgan fingerprint density at radius 1 is 0.714 bits per heavy atom. The monoisotopic (exact) mass is 406 g/mol. The lowest BCUT2D eigenvalue weighted by Crippen LogP contribution is -1.79. The van der Waals surface area contributed by atoms with Gasteiger partial charge in [0.05, 0.1) is 0 Å². The van der Waals surface area contributed by atoms with Gasteiger partial charge in [-0.1, -0.05) is 37.8 Å². The van der Waals surface area contributed by atoms with Crippen LogP contribution in [0.1, 0.15) is 7.43 Å². The number of hydrogen-bond donors (Lipinski definition) is 0. The van der Waals surface area contributed by atoms with E-state index in [2.05, 4.69) is 54.0 Å². The van der Waals surface area contributed by atoms with Crippen LogP contribution in [0.2, 0.25) is 0 Å². The van der Waals surface area contributed by atoms with E-state index in [9.17, 15) is 0 Å². The van der Waals surface area contributed by atoms with E-state index in [0.29, 0.717) is 0 Å². The quantitative estimate of drug-likeness (QED) is 0.494. The predicted molar refractivity (Wildman–Crippen MR) is 96.0 cm³/mol. The first-order valence-corrected chi connectivity index (χ1v) is 7.56. The standard InChI is InChI=1S/C11H8BrN.C5H4BrN.CH4/c12-11-8-13-7-6-10(11)9-4-2-1-3-5-9;6-5-2-1-3-7-4-5;/h1-8H;1-4H;1H4. The van der Waals surface area contributed by atoms with Gasteiger partial charge in [0.1, 0.15) is 0 Å². The van der Waals surface area contributed by atoms with Gasteiger partial charge in [0.2, 0.25) is 0 Å². The third-order valence-corrected chi connectivity index (χ3v) is 3.58. The second kappa shape index (κ2) is 9.42. The lowest BCUT2D eigenvalue weighted by molar-refractivity contribution is 1.31. The van der Waals surface area contributed by atoms with Crippen LogP contribution in [0.25, 0.3) is 11.1 Å². The van der Waals surface area contributed by atoms with Crippen LogP contribution in [0.15, 0.2) is 82.3 Å². The Labute approximate surface area is 142 Å². The van der Waals surface area contributed by atoms with Gasteiger partial charge in [0, 0.05) is 33.7 Å². The van der Waals surface area contributed by atoms with Gasteiger partial charge in [-0.15, -0.1) is 0 Å². The number of rotatable bonds is 1. The molecule has 1 aromatic carbocycles. The van der Waals surface area contributed by atoms with Crippen LogP contribution >= 0.6 is 31.9 Å². The number of hydrogen-bond acceptors (Lipinski definition) is 2. The molecule has 2 nitrogen and oxygen atoms in total. The van der Waals surface area contributed by atoms with Crippen LogP contribution < -0.4 is 0 Å². The second-order valence-corrected chi connectivity index (χ2v) is 5.66. The molecule has 3 rings (SSSR count). The Kier molecular flexibility index (Phi) is 7.87. The molecular weight excluding hydrogens is 392 g/mol. The number of nitrogens with zero attached hydrogens (tertiary/aromatic N) is 2. The Bertz CT molecular complexity index is 643. The van der Waals surface area contributed by atoms with E-state index in [4.69, 9.17) is 0 Å². The summed E-state index contributed by atoms with van der Waals surface area (Å²) in [5.41, 5.74) is 2.38. The van der Waals surface area contributed by atoms with Crippen LogP contribution in [0.5, 0.6) is 0 Å². The molecule has 2 heterocycles. The largest absolute Gasteiger partial charge is 0.264 e. The van der Waals surface area contributed by atoms with Crippen molar-refractivity contribution in [1.82, 2.24) is 9.97 Å². The number of benzene rings is 1. The molecule has 2 aromatic heterocycles. The molecule has 0 bridgehead atoms. The van der Waals surface area contributed by atoms with Crippen molar-refractivity contribution in [1.29, 1.82) is 0 Å². The van der Waals surface area contributed by atoms with Crippen molar-refractivity contribution in [3.63, 3.8) is 0 Å². The van der Waals surface area contributed by atoms with Gasteiger partial charge < -0.3 is 0 Å². The number of pyridine rings is 2. The lowest BCUT2D eigenvalue weighted by Gasteiger charge is -2.02. The molecule has 0 aliphatic rings. The fourth-order valence-electron chi connectivity index (χ4n) is 1.57. The fourth-order valence-corrected chi connectivity index (χ4v) is 2.32. The molecule has 0 aliphatic heterocycles. The van der Waals surface area contributed by atoms with Crippen molar-refractivity contribution in [2.75, 3.05) is 0 Å². The zero-order chi connectivity index (χ0) is 14.2. The summed E-state index contributed by atoms with van der Waals surface area (Å²) in [6.07, 6.45) is 7.10. The van der Waals surface area contributed by atoms with Gasteiger partial charge in [-0.2, -0.15) is 0 Å². The van der Waals surface area contributed by atoms with Crippen molar-refractivity contribution in [3.05, 3.63) is 82.3 Å². The molecule has 0 fully saturated rings. The van der Waals surface area contributed by atoms with Crippen molar-refractivity contribution >= 4 is 31.9 Å². The van der Waals surface area contributed by atoms with Crippen LogP contribution in [0.4, 0.5) is 0 Å². The first kappa shape index (κ1) is 17.5. The molecule has 0 saturated heterocycles. The van der Waals surface area contributed by atoms with Gasteiger partial charge in [0.15, 0.2) is 0 Å². The highest BCUT2D eigenvalue weighted by Gasteiger charge is 2.00. The molecule has 3 aromatic rings. The molecule has 0 radical (unpaired) electrons. The minimum absolute atomic E-state index is 0. The third-order valence-electron chi connectivity index (χ3n) is 2.48. The maximum absolute atomic E-state index is 4.02. The van der Waals surface area contributed by atoms with Gasteiger partial charge in [-0.25, -0.2) is 0 Å². The van der Waals surface area contributed by atoms with E-state index in [1.54, 1.807) is 18.6 Å². The van der Waals surface area contributed by atoms with E-state index in [1.807, 2.05) is 42.6 Å². The normalized spacial score (nSPS) is 9.05. The van der Waals surface area contributed by atoms with Crippen LogP contribution in [0, 0.1) is 0 Å². The van der Waals surface area contributed by atoms with Crippen molar-refractivity contribution in [2.24, 2.45) is 0 Å². The third kappa shape index (κ3) is 5.78. The number of aromatic nitrogens is 2. The highest BCUT2D eigenvalue weighted by Crippen LogP contribution is 2.26. The first-order valence-electron chi connectivity index (χ1n) is 5.98. The second-order valence-electron chi connectivity index (χ2n) is 3.89. The minimum atomic E-state index is 0. The zero-order valence-electron chi connectivity index (χ0n) is 10.6. The average Bonchev–Trinajstić information content (AvgIpc) is 2.50. The molecule has 0 saturated carbocycles. The Morgan fingerprint density at radius 2 is 1.43 bits per heavy atom. The maximum Gasteiger partial charge on any atom is 0.0437 e. The van der Waals surface area contributed by atoms with Crippen molar-refractivity contribution in [2.45, 2.75) is 7.43 Å². The summed E-state index contributed by atoms with van der Waals surface area (Å²) in [6.45, 7) is 0. The topological polar surface area (TPSA) is 25.8 Å². The van der Waals surface area contributed by atoms with Gasteiger partial charge >= 0.3 is 0 Å². The molecule has 0 atom stereocenters. The molecule has 108 valence electrons. The van der Waals surface area contributed by atoms with E-state index < -0.39 is 0 Å². The molecule has 0 spiro atoms. The zero-order valence-corrected chi connectivity index (χ0v) is 13.8. The summed E-state index contributed by atoms with van der Waals surface area (Å²) in [4.78, 5) is 7.86. The Balaban J connectivity index is 0.000000236. The lowest BCUT2D eigenvalue weighted by atomic mass is 10.1. The van der Waals surface area contributed by atoms with Crippen LogP contribution in [-0.4, -0.2) is 9.97 Å². The van der Waals surface area contributed by atoms with E-state index in [-0.39, 0.29) is 7.43 Å². The van der Waals surface area contributed by atoms with Gasteiger partial charge in [-0.3, -0.25) is 9.97 Å². The van der Waals surface area contributed by atoms with Gasteiger partial charge in [0.25, 0.3) is 0 Å². The predicted octanol–water partition coefficient (Wildman–Crippen LogP) is 5.99. The average molecular weight is 408 g/mol. The highest BCUT2D eigenvalue weighted by molar-refractivity contribution is 9.10. The maximum atomic E-state index is 4.02. The summed E-state index contributed by atoms with van der Waals surface area (Å²) in [7, 11) is 0. The Hall–Kier alpha value is -1.52. The van der Waals surface area contributed by atoms with Crippen molar-refractivity contribution < 1.29 is 0 Å². The smallest absolute Gasteiger partial charge is 0.0437 e. The molecule has 0 amide bonds. The van der Waals surface area contributed by atoms with Crippen LogP contribution in [-0.2, 0) is 0 Å². The van der Waals surface area contributed by atoms with Gasteiger partial charge in [-0.05, 0) is 61.2 Å². The molecular formula is C17H16Br2N2. The summed E-state index contributed by atoms with van der Waals surface area (Å²) >= 11 is 6.72.